The van der Waals surface area contributed by atoms with Crippen molar-refractivity contribution in [3.63, 3.8) is 0 Å². The molecule has 3 atom stereocenters. The van der Waals surface area contributed by atoms with E-state index in [0.29, 0.717) is 19.5 Å². The molecular formula is C9H17NO3. The third-order valence-corrected chi connectivity index (χ3v) is 2.80. The van der Waals surface area contributed by atoms with Crippen LogP contribution in [0.5, 0.6) is 0 Å². The number of nitrogens with zero attached hydrogens (tertiary/aromatic N) is 1. The first kappa shape index (κ1) is 10.5. The van der Waals surface area contributed by atoms with Crippen molar-refractivity contribution in [3.05, 3.63) is 0 Å². The second-order valence-corrected chi connectivity index (χ2v) is 3.84. The van der Waals surface area contributed by atoms with Crippen molar-refractivity contribution in [3.8, 4) is 0 Å². The van der Waals surface area contributed by atoms with Crippen molar-refractivity contribution < 1.29 is 15.0 Å². The third kappa shape index (κ3) is 2.42. The second kappa shape index (κ2) is 4.07. The largest absolute Gasteiger partial charge is 0.480 e. The van der Waals surface area contributed by atoms with Gasteiger partial charge in [-0.25, -0.2) is 0 Å². The summed E-state index contributed by atoms with van der Waals surface area (Å²) in [6.07, 6.45) is 0.413. The highest BCUT2D eigenvalue weighted by molar-refractivity contribution is 5.72. The van der Waals surface area contributed by atoms with E-state index in [1.165, 1.54) is 0 Å². The van der Waals surface area contributed by atoms with E-state index in [0.717, 1.165) is 0 Å². The van der Waals surface area contributed by atoms with Gasteiger partial charge >= 0.3 is 5.97 Å². The molecule has 1 aliphatic rings. The van der Waals surface area contributed by atoms with Gasteiger partial charge in [0, 0.05) is 13.1 Å². The van der Waals surface area contributed by atoms with Crippen LogP contribution in [0.4, 0.5) is 0 Å². The maximum atomic E-state index is 10.7. The van der Waals surface area contributed by atoms with Crippen LogP contribution in [-0.4, -0.2) is 46.3 Å². The highest BCUT2D eigenvalue weighted by atomic mass is 16.4. The molecule has 0 bridgehead atoms. The Hall–Kier alpha value is -0.610. The summed E-state index contributed by atoms with van der Waals surface area (Å²) in [6.45, 7) is 4.99. The minimum Gasteiger partial charge on any atom is -0.480 e. The Kier molecular flexibility index (Phi) is 3.27. The normalized spacial score (nSPS) is 32.8. The zero-order valence-corrected chi connectivity index (χ0v) is 8.10. The minimum absolute atomic E-state index is 0.176. The lowest BCUT2D eigenvalue weighted by Crippen LogP contribution is -2.48. The molecule has 0 radical (unpaired) electrons. The molecule has 1 heterocycles. The monoisotopic (exact) mass is 187 g/mol. The molecule has 4 heteroatoms. The van der Waals surface area contributed by atoms with Gasteiger partial charge < -0.3 is 10.2 Å². The molecule has 1 fully saturated rings. The van der Waals surface area contributed by atoms with Crippen LogP contribution in [0.3, 0.4) is 0 Å². The summed E-state index contributed by atoms with van der Waals surface area (Å²) in [6, 6.07) is -0.435. The van der Waals surface area contributed by atoms with Crippen LogP contribution in [0.15, 0.2) is 0 Å². The quantitative estimate of drug-likeness (QED) is 0.646. The number of carbonyl (C=O) groups is 1. The highest BCUT2D eigenvalue weighted by Crippen LogP contribution is 2.18. The fraction of sp³-hybridized carbons (Fsp3) is 0.889. The second-order valence-electron chi connectivity index (χ2n) is 3.84. The van der Waals surface area contributed by atoms with E-state index >= 15 is 0 Å². The Labute approximate surface area is 78.2 Å². The Morgan fingerprint density at radius 1 is 1.62 bits per heavy atom. The van der Waals surface area contributed by atoms with E-state index in [2.05, 4.69) is 0 Å². The summed E-state index contributed by atoms with van der Waals surface area (Å²) in [5.74, 6) is -0.612. The number of aliphatic hydroxyl groups is 1. The van der Waals surface area contributed by atoms with Crippen molar-refractivity contribution >= 4 is 5.97 Å². The summed E-state index contributed by atoms with van der Waals surface area (Å²) in [4.78, 5) is 12.6. The first-order valence-corrected chi connectivity index (χ1v) is 4.67. The van der Waals surface area contributed by atoms with Crippen LogP contribution >= 0.6 is 0 Å². The zero-order valence-electron chi connectivity index (χ0n) is 8.10. The number of carboxylic acid groups (broad SMARTS) is 1. The molecule has 76 valence electrons. The number of aliphatic hydroxyl groups excluding tert-OH is 1. The van der Waals surface area contributed by atoms with Crippen molar-refractivity contribution in [2.45, 2.75) is 32.4 Å². The standard InChI is InChI=1S/C9H17NO3/c1-6-5-10(4-3-8(6)11)7(2)9(12)13/h6-8,11H,3-5H2,1-2H3,(H,12,13)/t6-,7-,8-/m1/s1. The average Bonchev–Trinajstić information content (AvgIpc) is 2.08. The van der Waals surface area contributed by atoms with E-state index in [9.17, 15) is 9.90 Å². The number of aliphatic carboxylic acids is 1. The lowest BCUT2D eigenvalue weighted by atomic mass is 9.96. The highest BCUT2D eigenvalue weighted by Gasteiger charge is 2.29. The number of hydrogen-bond acceptors (Lipinski definition) is 3. The Bertz CT molecular complexity index is 195. The van der Waals surface area contributed by atoms with E-state index in [4.69, 9.17) is 5.11 Å². The topological polar surface area (TPSA) is 60.8 Å². The zero-order chi connectivity index (χ0) is 10.0. The molecule has 1 aliphatic heterocycles. The van der Waals surface area contributed by atoms with Gasteiger partial charge in [-0.15, -0.1) is 0 Å². The molecule has 0 aromatic rings. The number of hydrogen-bond donors (Lipinski definition) is 2. The Morgan fingerprint density at radius 3 is 2.69 bits per heavy atom. The van der Waals surface area contributed by atoms with Gasteiger partial charge in [-0.3, -0.25) is 9.69 Å². The fourth-order valence-electron chi connectivity index (χ4n) is 1.67. The fourth-order valence-corrected chi connectivity index (χ4v) is 1.67. The number of piperidine rings is 1. The molecule has 0 aliphatic carbocycles. The molecule has 0 aromatic carbocycles. The first-order valence-electron chi connectivity index (χ1n) is 4.67. The SMILES string of the molecule is C[C@@H]1CN([C@H](C)C(=O)O)CC[C@H]1O. The van der Waals surface area contributed by atoms with Gasteiger partial charge in [0.25, 0.3) is 0 Å². The van der Waals surface area contributed by atoms with Crippen molar-refractivity contribution in [1.82, 2.24) is 4.90 Å². The molecule has 0 amide bonds. The maximum Gasteiger partial charge on any atom is 0.320 e. The van der Waals surface area contributed by atoms with Gasteiger partial charge in [0.1, 0.15) is 6.04 Å². The van der Waals surface area contributed by atoms with Gasteiger partial charge in [0.15, 0.2) is 0 Å². The smallest absolute Gasteiger partial charge is 0.320 e. The van der Waals surface area contributed by atoms with Crippen LogP contribution in [0, 0.1) is 5.92 Å². The number of rotatable bonds is 2. The van der Waals surface area contributed by atoms with Gasteiger partial charge in [0.2, 0.25) is 0 Å². The summed E-state index contributed by atoms with van der Waals surface area (Å²) < 4.78 is 0. The summed E-state index contributed by atoms with van der Waals surface area (Å²) in [5, 5.41) is 18.2. The molecule has 0 aromatic heterocycles. The molecule has 1 rings (SSSR count). The van der Waals surface area contributed by atoms with Gasteiger partial charge in [-0.1, -0.05) is 6.92 Å². The predicted molar refractivity (Wildman–Crippen MR) is 48.5 cm³/mol. The van der Waals surface area contributed by atoms with Gasteiger partial charge in [-0.05, 0) is 19.3 Å². The Balaban J connectivity index is 2.50. The first-order chi connectivity index (χ1) is 6.02. The molecule has 0 saturated carbocycles. The van der Waals surface area contributed by atoms with Gasteiger partial charge in [-0.2, -0.15) is 0 Å². The summed E-state index contributed by atoms with van der Waals surface area (Å²) in [7, 11) is 0. The molecule has 13 heavy (non-hydrogen) atoms. The van der Waals surface area contributed by atoms with Gasteiger partial charge in [0.05, 0.1) is 6.10 Å². The van der Waals surface area contributed by atoms with Crippen molar-refractivity contribution in [1.29, 1.82) is 0 Å². The predicted octanol–water partition coefficient (Wildman–Crippen LogP) is 0.162. The summed E-state index contributed by atoms with van der Waals surface area (Å²) in [5.41, 5.74) is 0. The minimum atomic E-state index is -0.788. The van der Waals surface area contributed by atoms with E-state index in [1.54, 1.807) is 6.92 Å². The lowest BCUT2D eigenvalue weighted by molar-refractivity contribution is -0.144. The molecule has 2 N–H and O–H groups in total. The van der Waals surface area contributed by atoms with Crippen LogP contribution in [-0.2, 0) is 4.79 Å². The van der Waals surface area contributed by atoms with Crippen LogP contribution in [0.2, 0.25) is 0 Å². The van der Waals surface area contributed by atoms with E-state index in [1.807, 2.05) is 11.8 Å². The van der Waals surface area contributed by atoms with E-state index in [-0.39, 0.29) is 12.0 Å². The van der Waals surface area contributed by atoms with Crippen LogP contribution in [0.25, 0.3) is 0 Å². The lowest BCUT2D eigenvalue weighted by Gasteiger charge is -2.36. The van der Waals surface area contributed by atoms with E-state index < -0.39 is 12.0 Å². The molecule has 4 nitrogen and oxygen atoms in total. The van der Waals surface area contributed by atoms with Crippen LogP contribution in [0.1, 0.15) is 20.3 Å². The molecule has 0 unspecified atom stereocenters. The third-order valence-electron chi connectivity index (χ3n) is 2.80. The number of carboxylic acids is 1. The van der Waals surface area contributed by atoms with Crippen molar-refractivity contribution in [2.75, 3.05) is 13.1 Å². The number of likely N-dealkylation sites (tertiary alicyclic amines) is 1. The average molecular weight is 187 g/mol. The Morgan fingerprint density at radius 2 is 2.23 bits per heavy atom. The molecule has 0 spiro atoms. The van der Waals surface area contributed by atoms with Crippen molar-refractivity contribution in [2.24, 2.45) is 5.92 Å². The molecular weight excluding hydrogens is 170 g/mol. The maximum absolute atomic E-state index is 10.7. The summed E-state index contributed by atoms with van der Waals surface area (Å²) >= 11 is 0. The molecule has 1 saturated heterocycles. The van der Waals surface area contributed by atoms with Crippen LogP contribution < -0.4 is 0 Å².